The standard InChI is InChI=1S/C24H20N2O4S/c25-15-18-5-7-19(8-6-18)17-30-24(27)21-9-11-23(12-10-21)31(28,29)26-14-13-20-3-1-2-4-22(20)16-26/h1-12H,13-14,16-17H2. The van der Waals surface area contributed by atoms with Gasteiger partial charge in [-0.1, -0.05) is 36.4 Å². The molecule has 0 amide bonds. The molecule has 1 aliphatic rings. The van der Waals surface area contributed by atoms with E-state index in [2.05, 4.69) is 0 Å². The Labute approximate surface area is 181 Å². The first-order valence-electron chi connectivity index (χ1n) is 9.80. The fourth-order valence-corrected chi connectivity index (χ4v) is 4.91. The molecule has 0 saturated carbocycles. The second kappa shape index (κ2) is 8.72. The van der Waals surface area contributed by atoms with Crippen LogP contribution in [0.5, 0.6) is 0 Å². The van der Waals surface area contributed by atoms with Crippen molar-refractivity contribution < 1.29 is 17.9 Å². The fourth-order valence-electron chi connectivity index (χ4n) is 3.49. The zero-order valence-electron chi connectivity index (χ0n) is 16.7. The molecule has 1 aliphatic heterocycles. The fraction of sp³-hybridized carbons (Fsp3) is 0.167. The Balaban J connectivity index is 1.42. The summed E-state index contributed by atoms with van der Waals surface area (Å²) in [6, 6.07) is 22.4. The van der Waals surface area contributed by atoms with E-state index >= 15 is 0 Å². The second-order valence-corrected chi connectivity index (χ2v) is 9.20. The third kappa shape index (κ3) is 4.50. The maximum atomic E-state index is 13.0. The van der Waals surface area contributed by atoms with Crippen molar-refractivity contribution in [1.82, 2.24) is 4.31 Å². The average molecular weight is 433 g/mol. The summed E-state index contributed by atoms with van der Waals surface area (Å²) in [5.74, 6) is -0.541. The molecule has 7 heteroatoms. The number of nitriles is 1. The minimum atomic E-state index is -3.65. The van der Waals surface area contributed by atoms with Crippen LogP contribution in [0.25, 0.3) is 0 Å². The van der Waals surface area contributed by atoms with Crippen molar-refractivity contribution in [3.05, 3.63) is 101 Å². The quantitative estimate of drug-likeness (QED) is 0.574. The van der Waals surface area contributed by atoms with Crippen LogP contribution in [0.3, 0.4) is 0 Å². The molecule has 0 N–H and O–H groups in total. The Morgan fingerprint density at radius 1 is 0.968 bits per heavy atom. The number of esters is 1. The Morgan fingerprint density at radius 2 is 1.65 bits per heavy atom. The van der Waals surface area contributed by atoms with E-state index < -0.39 is 16.0 Å². The van der Waals surface area contributed by atoms with E-state index in [1.54, 1.807) is 24.3 Å². The maximum Gasteiger partial charge on any atom is 0.338 e. The number of ether oxygens (including phenoxy) is 1. The minimum Gasteiger partial charge on any atom is -0.457 e. The Kier molecular flexibility index (Phi) is 5.85. The van der Waals surface area contributed by atoms with Gasteiger partial charge < -0.3 is 4.74 Å². The summed E-state index contributed by atoms with van der Waals surface area (Å²) in [7, 11) is -3.65. The van der Waals surface area contributed by atoms with Gasteiger partial charge in [0.25, 0.3) is 0 Å². The Morgan fingerprint density at radius 3 is 2.32 bits per heavy atom. The number of hydrogen-bond donors (Lipinski definition) is 0. The Bertz CT molecular complexity index is 1240. The number of benzene rings is 3. The van der Waals surface area contributed by atoms with Crippen molar-refractivity contribution in [2.75, 3.05) is 6.54 Å². The number of sulfonamides is 1. The lowest BCUT2D eigenvalue weighted by molar-refractivity contribution is 0.0472. The molecule has 4 rings (SSSR count). The summed E-state index contributed by atoms with van der Waals surface area (Å²) in [5, 5.41) is 8.82. The molecule has 6 nitrogen and oxygen atoms in total. The molecule has 3 aromatic carbocycles. The van der Waals surface area contributed by atoms with Crippen LogP contribution in [-0.4, -0.2) is 25.2 Å². The van der Waals surface area contributed by atoms with Crippen LogP contribution in [0, 0.1) is 11.3 Å². The van der Waals surface area contributed by atoms with Crippen LogP contribution in [0.4, 0.5) is 0 Å². The van der Waals surface area contributed by atoms with E-state index in [9.17, 15) is 13.2 Å². The van der Waals surface area contributed by atoms with Gasteiger partial charge in [-0.05, 0) is 59.5 Å². The molecular formula is C24H20N2O4S. The van der Waals surface area contributed by atoms with Crippen LogP contribution >= 0.6 is 0 Å². The largest absolute Gasteiger partial charge is 0.457 e. The highest BCUT2D eigenvalue weighted by Crippen LogP contribution is 2.25. The lowest BCUT2D eigenvalue weighted by atomic mass is 10.0. The molecule has 0 saturated heterocycles. The molecule has 0 radical (unpaired) electrons. The minimum absolute atomic E-state index is 0.0672. The van der Waals surface area contributed by atoms with Gasteiger partial charge in [-0.25, -0.2) is 13.2 Å². The van der Waals surface area contributed by atoms with Crippen LogP contribution in [0.2, 0.25) is 0 Å². The summed E-state index contributed by atoms with van der Waals surface area (Å²) >= 11 is 0. The summed E-state index contributed by atoms with van der Waals surface area (Å²) in [5.41, 5.74) is 3.76. The number of nitrogens with zero attached hydrogens (tertiary/aromatic N) is 2. The highest BCUT2D eigenvalue weighted by Gasteiger charge is 2.28. The van der Waals surface area contributed by atoms with Gasteiger partial charge in [-0.3, -0.25) is 0 Å². The molecule has 0 aliphatic carbocycles. The highest BCUT2D eigenvalue weighted by molar-refractivity contribution is 7.89. The molecule has 31 heavy (non-hydrogen) atoms. The van der Waals surface area contributed by atoms with E-state index in [0.29, 0.717) is 25.1 Å². The molecule has 0 unspecified atom stereocenters. The van der Waals surface area contributed by atoms with Crippen molar-refractivity contribution in [3.63, 3.8) is 0 Å². The molecule has 0 fully saturated rings. The Hall–Kier alpha value is -3.47. The van der Waals surface area contributed by atoms with E-state index in [4.69, 9.17) is 10.00 Å². The molecule has 156 valence electrons. The first-order chi connectivity index (χ1) is 15.0. The van der Waals surface area contributed by atoms with E-state index in [1.807, 2.05) is 30.3 Å². The van der Waals surface area contributed by atoms with Crippen molar-refractivity contribution >= 4 is 16.0 Å². The summed E-state index contributed by atoms with van der Waals surface area (Å²) < 4.78 is 32.8. The predicted molar refractivity (Wildman–Crippen MR) is 114 cm³/mol. The van der Waals surface area contributed by atoms with Gasteiger partial charge in [0.1, 0.15) is 6.61 Å². The van der Waals surface area contributed by atoms with Crippen molar-refractivity contribution in [1.29, 1.82) is 5.26 Å². The molecule has 1 heterocycles. The lowest BCUT2D eigenvalue weighted by Gasteiger charge is -2.28. The van der Waals surface area contributed by atoms with Crippen molar-refractivity contribution in [2.45, 2.75) is 24.5 Å². The van der Waals surface area contributed by atoms with Gasteiger partial charge >= 0.3 is 5.97 Å². The second-order valence-electron chi connectivity index (χ2n) is 7.27. The first-order valence-corrected chi connectivity index (χ1v) is 11.2. The number of rotatable bonds is 5. The lowest BCUT2D eigenvalue weighted by Crippen LogP contribution is -2.35. The van der Waals surface area contributed by atoms with Gasteiger partial charge in [-0.15, -0.1) is 0 Å². The van der Waals surface area contributed by atoms with Crippen LogP contribution in [0.15, 0.2) is 77.7 Å². The number of carbonyl (C=O) groups is 1. The monoisotopic (exact) mass is 432 g/mol. The van der Waals surface area contributed by atoms with Crippen LogP contribution in [0.1, 0.15) is 32.6 Å². The van der Waals surface area contributed by atoms with Crippen molar-refractivity contribution in [3.8, 4) is 6.07 Å². The van der Waals surface area contributed by atoms with Crippen LogP contribution < -0.4 is 0 Å². The first kappa shape index (κ1) is 20.8. The molecule has 0 atom stereocenters. The summed E-state index contributed by atoms with van der Waals surface area (Å²) in [6.07, 6.45) is 0.676. The smallest absolute Gasteiger partial charge is 0.338 e. The summed E-state index contributed by atoms with van der Waals surface area (Å²) in [6.45, 7) is 0.832. The number of hydrogen-bond acceptors (Lipinski definition) is 5. The van der Waals surface area contributed by atoms with Gasteiger partial charge in [-0.2, -0.15) is 9.57 Å². The molecule has 3 aromatic rings. The number of carbonyl (C=O) groups excluding carboxylic acids is 1. The number of fused-ring (bicyclic) bond motifs is 1. The van der Waals surface area contributed by atoms with E-state index in [0.717, 1.165) is 11.1 Å². The van der Waals surface area contributed by atoms with E-state index in [1.165, 1.54) is 34.1 Å². The van der Waals surface area contributed by atoms with Gasteiger partial charge in [0, 0.05) is 13.1 Å². The SMILES string of the molecule is N#Cc1ccc(COC(=O)c2ccc(S(=O)(=O)N3CCc4ccccc4C3)cc2)cc1. The zero-order valence-corrected chi connectivity index (χ0v) is 17.5. The predicted octanol–water partition coefficient (Wildman–Crippen LogP) is 3.66. The highest BCUT2D eigenvalue weighted by atomic mass is 32.2. The van der Waals surface area contributed by atoms with Crippen molar-refractivity contribution in [2.24, 2.45) is 0 Å². The van der Waals surface area contributed by atoms with Gasteiger partial charge in [0.15, 0.2) is 0 Å². The van der Waals surface area contributed by atoms with E-state index in [-0.39, 0.29) is 17.1 Å². The molecule has 0 bridgehead atoms. The average Bonchev–Trinajstić information content (AvgIpc) is 2.82. The topological polar surface area (TPSA) is 87.5 Å². The van der Waals surface area contributed by atoms with Gasteiger partial charge in [0.2, 0.25) is 10.0 Å². The third-order valence-corrected chi connectivity index (χ3v) is 7.14. The molecule has 0 aromatic heterocycles. The summed E-state index contributed by atoms with van der Waals surface area (Å²) in [4.78, 5) is 12.5. The maximum absolute atomic E-state index is 13.0. The normalized spacial score (nSPS) is 13.8. The van der Waals surface area contributed by atoms with Gasteiger partial charge in [0.05, 0.1) is 22.1 Å². The molecule has 0 spiro atoms. The zero-order chi connectivity index (χ0) is 21.8. The third-order valence-electron chi connectivity index (χ3n) is 5.28. The molecular weight excluding hydrogens is 412 g/mol. The van der Waals surface area contributed by atoms with Crippen LogP contribution in [-0.2, 0) is 34.3 Å².